The molecule has 0 spiro atoms. The van der Waals surface area contributed by atoms with Gasteiger partial charge in [0.25, 0.3) is 5.91 Å². The summed E-state index contributed by atoms with van der Waals surface area (Å²) in [6.07, 6.45) is 5.98. The first-order chi connectivity index (χ1) is 11.7. The van der Waals surface area contributed by atoms with Gasteiger partial charge in [0.15, 0.2) is 0 Å². The fourth-order valence-electron chi connectivity index (χ4n) is 2.46. The molecule has 0 aliphatic rings. The van der Waals surface area contributed by atoms with Crippen LogP contribution in [0.15, 0.2) is 55.0 Å². The number of carbonyl (C=O) groups is 1. The van der Waals surface area contributed by atoms with Gasteiger partial charge in [-0.3, -0.25) is 9.48 Å². The normalized spacial score (nSPS) is 12.1. The second kappa shape index (κ2) is 7.12. The molecule has 1 N–H and O–H groups in total. The zero-order valence-corrected chi connectivity index (χ0v) is 13.9. The molecule has 0 radical (unpaired) electrons. The highest BCUT2D eigenvalue weighted by atomic mass is 16.1. The quantitative estimate of drug-likeness (QED) is 0.756. The number of benzene rings is 1. The van der Waals surface area contributed by atoms with Gasteiger partial charge in [0.05, 0.1) is 30.5 Å². The molecule has 1 atom stereocenters. The summed E-state index contributed by atoms with van der Waals surface area (Å²) in [7, 11) is 0. The number of nitrogens with zero attached hydrogens (tertiary/aromatic N) is 4. The molecule has 6 nitrogen and oxygen atoms in total. The van der Waals surface area contributed by atoms with E-state index < -0.39 is 0 Å². The molecule has 0 fully saturated rings. The smallest absolute Gasteiger partial charge is 0.259 e. The maximum Gasteiger partial charge on any atom is 0.259 e. The molecule has 1 amide bonds. The highest BCUT2D eigenvalue weighted by Gasteiger charge is 2.14. The first-order valence-corrected chi connectivity index (χ1v) is 8.08. The average Bonchev–Trinajstić information content (AvgIpc) is 3.24. The first-order valence-electron chi connectivity index (χ1n) is 8.08. The van der Waals surface area contributed by atoms with Gasteiger partial charge in [-0.1, -0.05) is 37.3 Å². The Morgan fingerprint density at radius 3 is 2.75 bits per heavy atom. The van der Waals surface area contributed by atoms with Crippen LogP contribution in [0.2, 0.25) is 0 Å². The molecule has 24 heavy (non-hydrogen) atoms. The van der Waals surface area contributed by atoms with Crippen molar-refractivity contribution in [3.05, 3.63) is 66.1 Å². The Labute approximate surface area is 141 Å². The van der Waals surface area contributed by atoms with Gasteiger partial charge >= 0.3 is 0 Å². The lowest BCUT2D eigenvalue weighted by atomic mass is 10.2. The average molecular weight is 323 g/mol. The van der Waals surface area contributed by atoms with E-state index in [9.17, 15) is 4.79 Å². The number of amides is 1. The third-order valence-electron chi connectivity index (χ3n) is 4.00. The van der Waals surface area contributed by atoms with E-state index in [-0.39, 0.29) is 11.9 Å². The fourth-order valence-corrected chi connectivity index (χ4v) is 2.46. The van der Waals surface area contributed by atoms with Crippen molar-refractivity contribution in [1.29, 1.82) is 0 Å². The van der Waals surface area contributed by atoms with E-state index in [1.165, 1.54) is 0 Å². The Morgan fingerprint density at radius 2 is 2.00 bits per heavy atom. The number of carbonyl (C=O) groups excluding carboxylic acids is 1. The third kappa shape index (κ3) is 3.53. The van der Waals surface area contributed by atoms with Gasteiger partial charge in [0.1, 0.15) is 5.82 Å². The maximum atomic E-state index is 12.4. The van der Waals surface area contributed by atoms with Crippen LogP contribution >= 0.6 is 0 Å². The molecular weight excluding hydrogens is 302 g/mol. The lowest BCUT2D eigenvalue weighted by Gasteiger charge is -2.13. The molecule has 0 bridgehead atoms. The summed E-state index contributed by atoms with van der Waals surface area (Å²) in [6, 6.07) is 12.1. The van der Waals surface area contributed by atoms with E-state index in [4.69, 9.17) is 0 Å². The number of anilines is 1. The van der Waals surface area contributed by atoms with Crippen molar-refractivity contribution in [3.63, 3.8) is 0 Å². The number of rotatable bonds is 6. The van der Waals surface area contributed by atoms with Gasteiger partial charge in [-0.25, -0.2) is 4.68 Å². The van der Waals surface area contributed by atoms with E-state index in [2.05, 4.69) is 29.4 Å². The van der Waals surface area contributed by atoms with Crippen molar-refractivity contribution in [2.45, 2.75) is 32.9 Å². The van der Waals surface area contributed by atoms with Crippen molar-refractivity contribution in [2.24, 2.45) is 0 Å². The molecule has 6 heteroatoms. The SMILES string of the molecule is CCC(C)n1nccc1NC(=O)c1cnn(Cc2ccccc2)c1. The second-order valence-corrected chi connectivity index (χ2v) is 5.78. The Morgan fingerprint density at radius 1 is 1.21 bits per heavy atom. The van der Waals surface area contributed by atoms with Crippen molar-refractivity contribution < 1.29 is 4.79 Å². The van der Waals surface area contributed by atoms with Gasteiger partial charge in [-0.2, -0.15) is 10.2 Å². The van der Waals surface area contributed by atoms with Crippen molar-refractivity contribution >= 4 is 11.7 Å². The van der Waals surface area contributed by atoms with E-state index in [1.807, 2.05) is 35.0 Å². The summed E-state index contributed by atoms with van der Waals surface area (Å²) < 4.78 is 3.59. The molecule has 1 unspecified atom stereocenters. The predicted octanol–water partition coefficient (Wildman–Crippen LogP) is 3.35. The molecule has 0 saturated carbocycles. The van der Waals surface area contributed by atoms with Gasteiger partial charge in [-0.15, -0.1) is 0 Å². The van der Waals surface area contributed by atoms with E-state index >= 15 is 0 Å². The number of aromatic nitrogens is 4. The number of nitrogens with one attached hydrogen (secondary N) is 1. The molecule has 2 aromatic heterocycles. The molecule has 0 aliphatic carbocycles. The lowest BCUT2D eigenvalue weighted by Crippen LogP contribution is -2.17. The Bertz CT molecular complexity index is 806. The zero-order chi connectivity index (χ0) is 16.9. The van der Waals surface area contributed by atoms with Crippen LogP contribution in [0.4, 0.5) is 5.82 Å². The Hall–Kier alpha value is -2.89. The van der Waals surface area contributed by atoms with Gasteiger partial charge < -0.3 is 5.32 Å². The molecule has 124 valence electrons. The maximum absolute atomic E-state index is 12.4. The molecule has 2 heterocycles. The van der Waals surface area contributed by atoms with Crippen LogP contribution in [0, 0.1) is 0 Å². The largest absolute Gasteiger partial charge is 0.307 e. The lowest BCUT2D eigenvalue weighted by molar-refractivity contribution is 0.102. The van der Waals surface area contributed by atoms with E-state index in [0.717, 1.165) is 12.0 Å². The van der Waals surface area contributed by atoms with Crippen LogP contribution in [-0.4, -0.2) is 25.5 Å². The van der Waals surface area contributed by atoms with Crippen molar-refractivity contribution in [1.82, 2.24) is 19.6 Å². The van der Waals surface area contributed by atoms with Crippen LogP contribution in [0.25, 0.3) is 0 Å². The van der Waals surface area contributed by atoms with Crippen LogP contribution in [0.3, 0.4) is 0 Å². The number of hydrogen-bond donors (Lipinski definition) is 1. The summed E-state index contributed by atoms with van der Waals surface area (Å²) in [5, 5.41) is 11.5. The molecule has 1 aromatic carbocycles. The summed E-state index contributed by atoms with van der Waals surface area (Å²) in [5.74, 6) is 0.518. The minimum Gasteiger partial charge on any atom is -0.307 e. The molecule has 0 aliphatic heterocycles. The fraction of sp³-hybridized carbons (Fsp3) is 0.278. The molecular formula is C18H21N5O. The zero-order valence-electron chi connectivity index (χ0n) is 13.9. The van der Waals surface area contributed by atoms with E-state index in [1.54, 1.807) is 29.3 Å². The highest BCUT2D eigenvalue weighted by molar-refractivity contribution is 6.03. The minimum absolute atomic E-state index is 0.181. The first kappa shape index (κ1) is 16.0. The van der Waals surface area contributed by atoms with Crippen molar-refractivity contribution in [2.75, 3.05) is 5.32 Å². The Balaban J connectivity index is 1.69. The van der Waals surface area contributed by atoms with Crippen LogP contribution in [-0.2, 0) is 6.54 Å². The summed E-state index contributed by atoms with van der Waals surface area (Å²) in [5.41, 5.74) is 1.67. The Kier molecular flexibility index (Phi) is 4.74. The van der Waals surface area contributed by atoms with E-state index in [0.29, 0.717) is 17.9 Å². The third-order valence-corrected chi connectivity index (χ3v) is 4.00. The van der Waals surface area contributed by atoms with Crippen molar-refractivity contribution in [3.8, 4) is 0 Å². The van der Waals surface area contributed by atoms with Crippen LogP contribution in [0.5, 0.6) is 0 Å². The molecule has 3 aromatic rings. The minimum atomic E-state index is -0.181. The second-order valence-electron chi connectivity index (χ2n) is 5.78. The summed E-state index contributed by atoms with van der Waals surface area (Å²) in [4.78, 5) is 12.4. The highest BCUT2D eigenvalue weighted by Crippen LogP contribution is 2.17. The van der Waals surface area contributed by atoms with Crippen LogP contribution < -0.4 is 5.32 Å². The number of hydrogen-bond acceptors (Lipinski definition) is 3. The summed E-state index contributed by atoms with van der Waals surface area (Å²) >= 11 is 0. The van der Waals surface area contributed by atoms with Gasteiger partial charge in [0, 0.05) is 12.3 Å². The standard InChI is InChI=1S/C18H21N5O/c1-3-14(2)23-17(9-10-19-23)21-18(24)16-11-20-22(13-16)12-15-7-5-4-6-8-15/h4-11,13-14H,3,12H2,1-2H3,(H,21,24). The topological polar surface area (TPSA) is 64.7 Å². The summed E-state index contributed by atoms with van der Waals surface area (Å²) in [6.45, 7) is 4.80. The molecule has 3 rings (SSSR count). The van der Waals surface area contributed by atoms with Crippen LogP contribution in [0.1, 0.15) is 42.2 Å². The monoisotopic (exact) mass is 323 g/mol. The van der Waals surface area contributed by atoms with Gasteiger partial charge in [0.2, 0.25) is 0 Å². The molecule has 0 saturated heterocycles. The predicted molar refractivity (Wildman–Crippen MR) is 93.0 cm³/mol. The van der Waals surface area contributed by atoms with Gasteiger partial charge in [-0.05, 0) is 18.9 Å².